The number of aliphatic hydroxyl groups is 1. The third-order valence-electron chi connectivity index (χ3n) is 15.6. The van der Waals surface area contributed by atoms with Crippen LogP contribution in [0.4, 0.5) is 5.69 Å². The lowest BCUT2D eigenvalue weighted by Crippen LogP contribution is -2.81. The van der Waals surface area contributed by atoms with Crippen LogP contribution in [-0.2, 0) is 45.8 Å². The highest BCUT2D eigenvalue weighted by molar-refractivity contribution is 5.95. The van der Waals surface area contributed by atoms with Crippen molar-refractivity contribution in [3.05, 3.63) is 70.9 Å². The second-order valence-corrected chi connectivity index (χ2v) is 18.3. The Kier molecular flexibility index (Phi) is 9.75. The summed E-state index contributed by atoms with van der Waals surface area (Å²) in [6, 6.07) is 11.3. The van der Waals surface area contributed by atoms with Gasteiger partial charge >= 0.3 is 17.9 Å². The molecule has 9 rings (SSSR count). The van der Waals surface area contributed by atoms with E-state index in [0.717, 1.165) is 78.7 Å². The summed E-state index contributed by atoms with van der Waals surface area (Å²) in [6.07, 6.45) is 8.53. The van der Waals surface area contributed by atoms with Crippen molar-refractivity contribution in [1.82, 2.24) is 14.8 Å². The highest BCUT2D eigenvalue weighted by Gasteiger charge is 2.80. The van der Waals surface area contributed by atoms with E-state index in [2.05, 4.69) is 58.1 Å². The van der Waals surface area contributed by atoms with E-state index >= 15 is 4.79 Å². The predicted molar refractivity (Wildman–Crippen MR) is 224 cm³/mol. The number of hydrogen-bond donors (Lipinski definition) is 2. The van der Waals surface area contributed by atoms with Gasteiger partial charge in [0.2, 0.25) is 5.60 Å². The molecule has 1 unspecified atom stereocenters. The van der Waals surface area contributed by atoms with Gasteiger partial charge in [0.25, 0.3) is 0 Å². The highest BCUT2D eigenvalue weighted by Crippen LogP contribution is 2.68. The molecular formula is C47H60N4O8. The zero-order valence-corrected chi connectivity index (χ0v) is 35.6. The minimum atomic E-state index is -2.27. The molecule has 316 valence electrons. The fourth-order valence-electron chi connectivity index (χ4n) is 13.8. The quantitative estimate of drug-likeness (QED) is 0.175. The SMILES string of the molecule is CCC[C@@H]1C[C@@H]2CN(CCc3c([nH]c4ccccc34)[C@@](C(=O)OC)(c3cc4c(cc3OC)N(C)[C@H]3[C@@](O)(C(=O)OC)[C@H](OC(C)=O)[C@]5(CC)C=CCN6CC[C@]43[C@@H]65)C2)C1. The molecule has 12 heteroatoms. The van der Waals surface area contributed by atoms with Crippen LogP contribution in [-0.4, -0.2) is 123 Å². The number of benzene rings is 2. The Morgan fingerprint density at radius 1 is 0.983 bits per heavy atom. The van der Waals surface area contributed by atoms with E-state index in [4.69, 9.17) is 18.9 Å². The topological polar surface area (TPSA) is 134 Å². The Morgan fingerprint density at radius 3 is 2.47 bits per heavy atom. The number of piperidine rings is 1. The molecule has 2 N–H and O–H groups in total. The maximum Gasteiger partial charge on any atom is 0.344 e. The first-order valence-electron chi connectivity index (χ1n) is 21.7. The number of aromatic amines is 1. The van der Waals surface area contributed by atoms with Gasteiger partial charge in [0.1, 0.15) is 11.2 Å². The van der Waals surface area contributed by atoms with Crippen molar-refractivity contribution in [2.24, 2.45) is 17.3 Å². The number of H-pyrrole nitrogens is 1. The van der Waals surface area contributed by atoms with E-state index in [1.165, 1.54) is 21.1 Å². The number of methoxy groups -OCH3 is 3. The van der Waals surface area contributed by atoms with Gasteiger partial charge in [-0.3, -0.25) is 14.5 Å². The molecule has 59 heavy (non-hydrogen) atoms. The Morgan fingerprint density at radius 2 is 1.76 bits per heavy atom. The van der Waals surface area contributed by atoms with Crippen LogP contribution >= 0.6 is 0 Å². The van der Waals surface area contributed by atoms with Crippen molar-refractivity contribution in [2.45, 2.75) is 100 Å². The van der Waals surface area contributed by atoms with Crippen molar-refractivity contribution in [1.29, 1.82) is 0 Å². The number of anilines is 1. The van der Waals surface area contributed by atoms with Crippen molar-refractivity contribution in [3.63, 3.8) is 0 Å². The minimum Gasteiger partial charge on any atom is -0.496 e. The Bertz CT molecular complexity index is 2220. The van der Waals surface area contributed by atoms with Crippen LogP contribution < -0.4 is 9.64 Å². The molecule has 1 saturated carbocycles. The minimum absolute atomic E-state index is 0.185. The summed E-state index contributed by atoms with van der Waals surface area (Å²) in [6.45, 7) is 9.80. The number of likely N-dealkylation sites (N-methyl/N-ethyl adjacent to an activating group) is 1. The molecule has 5 aliphatic heterocycles. The maximum atomic E-state index is 15.4. The number of fused-ring (bicyclic) bond motifs is 6. The molecule has 10 atom stereocenters. The van der Waals surface area contributed by atoms with Crippen LogP contribution in [0, 0.1) is 17.3 Å². The van der Waals surface area contributed by atoms with Gasteiger partial charge in [-0.2, -0.15) is 0 Å². The summed E-state index contributed by atoms with van der Waals surface area (Å²) in [5.74, 6) is -0.554. The Labute approximate surface area is 347 Å². The van der Waals surface area contributed by atoms with Crippen molar-refractivity contribution >= 4 is 34.5 Å². The lowest BCUT2D eigenvalue weighted by Gasteiger charge is -2.63. The monoisotopic (exact) mass is 808 g/mol. The van der Waals surface area contributed by atoms with Crippen LogP contribution in [0.2, 0.25) is 0 Å². The van der Waals surface area contributed by atoms with Gasteiger partial charge in [0.15, 0.2) is 6.10 Å². The lowest BCUT2D eigenvalue weighted by molar-refractivity contribution is -0.228. The van der Waals surface area contributed by atoms with Crippen molar-refractivity contribution < 1.29 is 38.4 Å². The van der Waals surface area contributed by atoms with Gasteiger partial charge in [-0.1, -0.05) is 50.6 Å². The van der Waals surface area contributed by atoms with Gasteiger partial charge in [-0.15, -0.1) is 0 Å². The Hall–Kier alpha value is -4.39. The molecule has 1 aliphatic carbocycles. The number of esters is 3. The Balaban J connectivity index is 1.35. The van der Waals surface area contributed by atoms with Gasteiger partial charge in [-0.25, -0.2) is 4.79 Å². The lowest BCUT2D eigenvalue weighted by atomic mass is 9.47. The molecule has 1 spiro atoms. The molecule has 3 aromatic rings. The number of rotatable bonds is 8. The molecule has 3 fully saturated rings. The number of ether oxygens (including phenoxy) is 4. The average molecular weight is 809 g/mol. The molecule has 1 aromatic heterocycles. The normalized spacial score (nSPS) is 35.7. The van der Waals surface area contributed by atoms with Crippen LogP contribution in [0.15, 0.2) is 48.6 Å². The zero-order chi connectivity index (χ0) is 41.6. The smallest absolute Gasteiger partial charge is 0.344 e. The molecule has 0 amide bonds. The van der Waals surface area contributed by atoms with Crippen LogP contribution in [0.25, 0.3) is 10.9 Å². The summed E-state index contributed by atoms with van der Waals surface area (Å²) in [5, 5.41) is 14.4. The second-order valence-electron chi connectivity index (χ2n) is 18.3. The first-order valence-corrected chi connectivity index (χ1v) is 21.7. The number of carbonyl (C=O) groups excluding carboxylic acids is 3. The molecule has 12 nitrogen and oxygen atoms in total. The number of nitrogens with one attached hydrogen (secondary N) is 1. The van der Waals surface area contributed by atoms with E-state index in [1.54, 1.807) is 7.11 Å². The summed E-state index contributed by atoms with van der Waals surface area (Å²) >= 11 is 0. The molecule has 6 heterocycles. The van der Waals surface area contributed by atoms with Crippen LogP contribution in [0.1, 0.15) is 81.7 Å². The number of carbonyl (C=O) groups is 3. The van der Waals surface area contributed by atoms with E-state index < -0.39 is 45.9 Å². The third kappa shape index (κ3) is 5.33. The summed E-state index contributed by atoms with van der Waals surface area (Å²) in [7, 11) is 6.30. The molecule has 6 aliphatic rings. The van der Waals surface area contributed by atoms with E-state index in [9.17, 15) is 14.7 Å². The van der Waals surface area contributed by atoms with Gasteiger partial charge in [-0.05, 0) is 80.2 Å². The van der Waals surface area contributed by atoms with Gasteiger partial charge in [0, 0.05) is 90.9 Å². The third-order valence-corrected chi connectivity index (χ3v) is 15.6. The van der Waals surface area contributed by atoms with Gasteiger partial charge in [0.05, 0.1) is 27.4 Å². The number of para-hydroxylation sites is 1. The fraction of sp³-hybridized carbons (Fsp3) is 0.596. The van der Waals surface area contributed by atoms with Crippen LogP contribution in [0.5, 0.6) is 5.75 Å². The molecule has 2 saturated heterocycles. The highest BCUT2D eigenvalue weighted by atomic mass is 16.6. The first-order chi connectivity index (χ1) is 28.4. The fourth-order valence-corrected chi connectivity index (χ4v) is 13.8. The number of aromatic nitrogens is 1. The standard InChI is InChI=1S/C47H60N4O8/c1-8-13-29-22-30-25-46(42(53)57-6,38-32(16-20-50(26-29)27-30)31-14-10-11-15-35(31)48-38)34-23-33-36(24-37(34)56-5)49(4)40-45(33)18-21-51-19-12-17-44(9-2,39(45)51)41(59-28(3)52)47(40,55)43(54)58-7/h10-12,14-15,17,23-24,29-30,39-41,48,55H,8-9,13,16,18-22,25-27H2,1-7H3/t29-,30+,39+,40-,41-,44-,45-,46+,47+/m1/s1. The van der Waals surface area contributed by atoms with Crippen LogP contribution in [0.3, 0.4) is 0 Å². The van der Waals surface area contributed by atoms with Gasteiger partial charge < -0.3 is 38.8 Å². The summed E-state index contributed by atoms with van der Waals surface area (Å²) < 4.78 is 24.1. The molecule has 2 aromatic carbocycles. The maximum absolute atomic E-state index is 15.4. The molecular weight excluding hydrogens is 749 g/mol. The second kappa shape index (κ2) is 14.4. The number of hydrogen-bond acceptors (Lipinski definition) is 11. The zero-order valence-electron chi connectivity index (χ0n) is 35.6. The largest absolute Gasteiger partial charge is 0.496 e. The van der Waals surface area contributed by atoms with E-state index in [1.807, 2.05) is 31.0 Å². The molecule has 2 bridgehead atoms. The van der Waals surface area contributed by atoms with E-state index in [0.29, 0.717) is 49.6 Å². The molecule has 0 radical (unpaired) electrons. The number of nitrogens with zero attached hydrogens (tertiary/aromatic N) is 3. The first kappa shape index (κ1) is 40.0. The summed E-state index contributed by atoms with van der Waals surface area (Å²) in [5.41, 5.74) is -0.0423. The van der Waals surface area contributed by atoms with E-state index in [-0.39, 0.29) is 17.9 Å². The summed E-state index contributed by atoms with van der Waals surface area (Å²) in [4.78, 5) is 53.6. The van der Waals surface area contributed by atoms with Crippen molar-refractivity contribution in [2.75, 3.05) is 66.0 Å². The predicted octanol–water partition coefficient (Wildman–Crippen LogP) is 5.27. The van der Waals surface area contributed by atoms with Crippen molar-refractivity contribution in [3.8, 4) is 5.75 Å². The average Bonchev–Trinajstić information content (AvgIpc) is 3.90.